The molecule has 0 aliphatic carbocycles. The molecular formula is C14H14BrF2NO3. The quantitative estimate of drug-likeness (QED) is 0.791. The molecule has 1 aromatic rings. The lowest BCUT2D eigenvalue weighted by Crippen LogP contribution is -2.42. The van der Waals surface area contributed by atoms with Crippen LogP contribution in [0.5, 0.6) is 0 Å². The molecule has 0 aliphatic heterocycles. The van der Waals surface area contributed by atoms with E-state index in [4.69, 9.17) is 0 Å². The summed E-state index contributed by atoms with van der Waals surface area (Å²) in [6.45, 7) is 3.58. The Morgan fingerprint density at radius 3 is 2.38 bits per heavy atom. The standard InChI is InChI=1S/C14H14BrF2NO3/c1-8(15)3-12(14(20)21-2)18-13(19)6-9-4-10(16)7-11(17)5-9/h4-5,7,12H,1,3,6H2,2H3,(H,18,19)/t12-/m1/s1. The second-order valence-corrected chi connectivity index (χ2v) is 5.44. The van der Waals surface area contributed by atoms with Crippen LogP contribution in [-0.2, 0) is 20.7 Å². The van der Waals surface area contributed by atoms with E-state index in [9.17, 15) is 18.4 Å². The Balaban J connectivity index is 2.73. The number of carbonyl (C=O) groups excluding carboxylic acids is 2. The number of hydrogen-bond acceptors (Lipinski definition) is 3. The molecule has 0 aliphatic rings. The van der Waals surface area contributed by atoms with Gasteiger partial charge in [-0.25, -0.2) is 13.6 Å². The molecule has 7 heteroatoms. The van der Waals surface area contributed by atoms with Crippen molar-refractivity contribution in [2.75, 3.05) is 7.11 Å². The topological polar surface area (TPSA) is 55.4 Å². The summed E-state index contributed by atoms with van der Waals surface area (Å²) in [6.07, 6.45) is -0.104. The molecule has 0 saturated carbocycles. The molecule has 0 unspecified atom stereocenters. The minimum absolute atomic E-state index is 0.149. The van der Waals surface area contributed by atoms with E-state index in [-0.39, 0.29) is 18.4 Å². The maximum absolute atomic E-state index is 13.0. The van der Waals surface area contributed by atoms with Gasteiger partial charge in [0.15, 0.2) is 0 Å². The summed E-state index contributed by atoms with van der Waals surface area (Å²) in [6, 6.07) is 1.92. The van der Waals surface area contributed by atoms with Crippen LogP contribution in [0.15, 0.2) is 29.3 Å². The minimum atomic E-state index is -0.909. The first kappa shape index (κ1) is 17.3. The zero-order valence-electron chi connectivity index (χ0n) is 11.3. The van der Waals surface area contributed by atoms with E-state index >= 15 is 0 Å². The molecule has 4 nitrogen and oxygen atoms in total. The van der Waals surface area contributed by atoms with E-state index in [1.807, 2.05) is 0 Å². The lowest BCUT2D eigenvalue weighted by molar-refractivity contribution is -0.144. The molecular weight excluding hydrogens is 348 g/mol. The Labute approximate surface area is 129 Å². The van der Waals surface area contributed by atoms with Crippen LogP contribution in [0.1, 0.15) is 12.0 Å². The van der Waals surface area contributed by atoms with Crippen LogP contribution in [0, 0.1) is 11.6 Å². The molecule has 0 bridgehead atoms. The largest absolute Gasteiger partial charge is 0.467 e. The third-order valence-corrected chi connectivity index (χ3v) is 2.86. The highest BCUT2D eigenvalue weighted by Crippen LogP contribution is 2.12. The summed E-state index contributed by atoms with van der Waals surface area (Å²) in [5.74, 6) is -2.72. The number of esters is 1. The lowest BCUT2D eigenvalue weighted by atomic mass is 10.1. The molecule has 1 N–H and O–H groups in total. The van der Waals surface area contributed by atoms with Crippen LogP contribution in [-0.4, -0.2) is 25.0 Å². The second-order valence-electron chi connectivity index (χ2n) is 4.32. The predicted molar refractivity (Wildman–Crippen MR) is 76.7 cm³/mol. The van der Waals surface area contributed by atoms with Crippen LogP contribution >= 0.6 is 15.9 Å². The van der Waals surface area contributed by atoms with Gasteiger partial charge in [-0.3, -0.25) is 4.79 Å². The number of halogens is 3. The van der Waals surface area contributed by atoms with E-state index in [0.717, 1.165) is 12.1 Å². The van der Waals surface area contributed by atoms with Gasteiger partial charge in [0, 0.05) is 12.5 Å². The number of hydrogen-bond donors (Lipinski definition) is 1. The summed E-state index contributed by atoms with van der Waals surface area (Å²) in [5.41, 5.74) is 0.172. The molecule has 1 amide bonds. The van der Waals surface area contributed by atoms with Crippen molar-refractivity contribution >= 4 is 27.8 Å². The molecule has 0 fully saturated rings. The Kier molecular flexibility index (Phi) is 6.48. The van der Waals surface area contributed by atoms with Gasteiger partial charge in [0.1, 0.15) is 17.7 Å². The maximum Gasteiger partial charge on any atom is 0.328 e. The van der Waals surface area contributed by atoms with Crippen LogP contribution in [0.25, 0.3) is 0 Å². The monoisotopic (exact) mass is 361 g/mol. The smallest absolute Gasteiger partial charge is 0.328 e. The highest BCUT2D eigenvalue weighted by Gasteiger charge is 2.22. The number of nitrogens with one attached hydrogen (secondary N) is 1. The number of amides is 1. The molecule has 0 saturated heterocycles. The normalized spacial score (nSPS) is 11.6. The van der Waals surface area contributed by atoms with Crippen molar-refractivity contribution in [3.05, 3.63) is 46.5 Å². The molecule has 114 valence electrons. The van der Waals surface area contributed by atoms with Crippen molar-refractivity contribution in [3.8, 4) is 0 Å². The van der Waals surface area contributed by atoms with Gasteiger partial charge in [0.25, 0.3) is 0 Å². The van der Waals surface area contributed by atoms with Gasteiger partial charge >= 0.3 is 5.97 Å². The minimum Gasteiger partial charge on any atom is -0.467 e. The van der Waals surface area contributed by atoms with Gasteiger partial charge in [-0.15, -0.1) is 0 Å². The lowest BCUT2D eigenvalue weighted by Gasteiger charge is -2.16. The van der Waals surface area contributed by atoms with Crippen LogP contribution < -0.4 is 5.32 Å². The highest BCUT2D eigenvalue weighted by molar-refractivity contribution is 9.11. The fraction of sp³-hybridized carbons (Fsp3) is 0.286. The summed E-state index contributed by atoms with van der Waals surface area (Å²) >= 11 is 3.10. The summed E-state index contributed by atoms with van der Waals surface area (Å²) < 4.78 is 31.1. The molecule has 0 heterocycles. The molecule has 0 radical (unpaired) electrons. The van der Waals surface area contributed by atoms with E-state index in [1.54, 1.807) is 0 Å². The zero-order valence-corrected chi connectivity index (χ0v) is 12.9. The first-order valence-electron chi connectivity index (χ1n) is 5.97. The van der Waals surface area contributed by atoms with E-state index in [2.05, 4.69) is 32.6 Å². The summed E-state index contributed by atoms with van der Waals surface area (Å²) in [7, 11) is 1.19. The zero-order chi connectivity index (χ0) is 16.0. The van der Waals surface area contributed by atoms with Crippen LogP contribution in [0.2, 0.25) is 0 Å². The Morgan fingerprint density at radius 1 is 1.33 bits per heavy atom. The third-order valence-electron chi connectivity index (χ3n) is 2.53. The molecule has 1 aromatic carbocycles. The average Bonchev–Trinajstić information content (AvgIpc) is 2.34. The second kappa shape index (κ2) is 7.87. The highest BCUT2D eigenvalue weighted by atomic mass is 79.9. The van der Waals surface area contributed by atoms with E-state index in [1.165, 1.54) is 7.11 Å². The van der Waals surface area contributed by atoms with Crippen molar-refractivity contribution in [2.45, 2.75) is 18.9 Å². The molecule has 1 rings (SSSR count). The first-order valence-corrected chi connectivity index (χ1v) is 6.76. The number of ether oxygens (including phenoxy) is 1. The van der Waals surface area contributed by atoms with Crippen LogP contribution in [0.3, 0.4) is 0 Å². The molecule has 0 spiro atoms. The van der Waals surface area contributed by atoms with Crippen molar-refractivity contribution in [1.82, 2.24) is 5.32 Å². The molecule has 1 atom stereocenters. The number of rotatable bonds is 6. The Hall–Kier alpha value is -1.76. The van der Waals surface area contributed by atoms with Gasteiger partial charge in [-0.1, -0.05) is 22.5 Å². The van der Waals surface area contributed by atoms with Gasteiger partial charge < -0.3 is 10.1 Å². The van der Waals surface area contributed by atoms with Gasteiger partial charge in [0.2, 0.25) is 5.91 Å². The van der Waals surface area contributed by atoms with Crippen molar-refractivity contribution in [2.24, 2.45) is 0 Å². The Morgan fingerprint density at radius 2 is 1.90 bits per heavy atom. The van der Waals surface area contributed by atoms with Crippen LogP contribution in [0.4, 0.5) is 8.78 Å². The number of methoxy groups -OCH3 is 1. The van der Waals surface area contributed by atoms with E-state index in [0.29, 0.717) is 10.5 Å². The van der Waals surface area contributed by atoms with Gasteiger partial charge in [0.05, 0.1) is 13.5 Å². The van der Waals surface area contributed by atoms with Gasteiger partial charge in [-0.2, -0.15) is 0 Å². The van der Waals surface area contributed by atoms with Crippen molar-refractivity contribution in [3.63, 3.8) is 0 Å². The predicted octanol–water partition coefficient (Wildman–Crippen LogP) is 2.46. The third kappa shape index (κ3) is 6.03. The molecule has 21 heavy (non-hydrogen) atoms. The van der Waals surface area contributed by atoms with Gasteiger partial charge in [-0.05, 0) is 22.2 Å². The fourth-order valence-corrected chi connectivity index (χ4v) is 2.02. The SMILES string of the molecule is C=C(Br)C[C@@H](NC(=O)Cc1cc(F)cc(F)c1)C(=O)OC. The average molecular weight is 362 g/mol. The fourth-order valence-electron chi connectivity index (χ4n) is 1.70. The van der Waals surface area contributed by atoms with Crippen molar-refractivity contribution in [1.29, 1.82) is 0 Å². The Bertz CT molecular complexity index is 543. The van der Waals surface area contributed by atoms with E-state index < -0.39 is 29.6 Å². The number of carbonyl (C=O) groups is 2. The maximum atomic E-state index is 13.0. The first-order chi connectivity index (χ1) is 9.81. The molecule has 0 aromatic heterocycles. The summed E-state index contributed by atoms with van der Waals surface area (Å²) in [5, 5.41) is 2.44. The van der Waals surface area contributed by atoms with Crippen molar-refractivity contribution < 1.29 is 23.1 Å². The number of benzene rings is 1. The summed E-state index contributed by atoms with van der Waals surface area (Å²) in [4.78, 5) is 23.4.